The first-order valence-electron chi connectivity index (χ1n) is 12.3. The third kappa shape index (κ3) is 5.96. The Hall–Kier alpha value is -4.16. The molecule has 1 saturated heterocycles. The van der Waals surface area contributed by atoms with Gasteiger partial charge in [-0.3, -0.25) is 19.3 Å². The molecule has 0 saturated carbocycles. The summed E-state index contributed by atoms with van der Waals surface area (Å²) in [4.78, 5) is 41.2. The number of hydrogen-bond donors (Lipinski definition) is 3. The largest absolute Gasteiger partial charge is 0.493 e. The zero-order valence-corrected chi connectivity index (χ0v) is 22.7. The molecule has 206 valence electrons. The van der Waals surface area contributed by atoms with Crippen molar-refractivity contribution < 1.29 is 28.6 Å². The summed E-state index contributed by atoms with van der Waals surface area (Å²) in [5.74, 6) is -1.06. The highest BCUT2D eigenvalue weighted by molar-refractivity contribution is 7.09. The molecule has 3 amide bonds. The van der Waals surface area contributed by atoms with Gasteiger partial charge in [-0.25, -0.2) is 0 Å². The smallest absolute Gasteiger partial charge is 0.273 e. The molecule has 12 heteroatoms. The van der Waals surface area contributed by atoms with E-state index in [9.17, 15) is 14.4 Å². The molecular formula is C27H31N5O6S. The molecule has 1 aromatic heterocycles. The lowest BCUT2D eigenvalue weighted by Crippen LogP contribution is -2.45. The first-order valence-corrected chi connectivity index (χ1v) is 13.1. The fourth-order valence-corrected chi connectivity index (χ4v) is 5.20. The first-order chi connectivity index (χ1) is 18.7. The normalized spacial score (nSPS) is 15.4. The number of hydrogen-bond acceptors (Lipinski definition) is 9. The van der Waals surface area contributed by atoms with Crippen molar-refractivity contribution in [1.29, 1.82) is 0 Å². The minimum absolute atomic E-state index is 0.0114. The van der Waals surface area contributed by atoms with E-state index in [2.05, 4.69) is 9.69 Å². The molecule has 2 aromatic carbocycles. The van der Waals surface area contributed by atoms with Crippen LogP contribution >= 0.6 is 11.5 Å². The highest BCUT2D eigenvalue weighted by atomic mass is 32.1. The van der Waals surface area contributed by atoms with E-state index >= 15 is 0 Å². The topological polar surface area (TPSA) is 159 Å². The molecule has 2 unspecified atom stereocenters. The van der Waals surface area contributed by atoms with Crippen LogP contribution in [0.5, 0.6) is 11.5 Å². The van der Waals surface area contributed by atoms with Crippen LogP contribution in [0.2, 0.25) is 0 Å². The maximum atomic E-state index is 14.2. The van der Waals surface area contributed by atoms with Crippen LogP contribution in [-0.2, 0) is 9.53 Å². The van der Waals surface area contributed by atoms with Gasteiger partial charge in [-0.05, 0) is 66.7 Å². The number of rotatable bonds is 10. The molecule has 1 aliphatic heterocycles. The Labute approximate surface area is 230 Å². The Morgan fingerprint density at radius 2 is 1.95 bits per heavy atom. The van der Waals surface area contributed by atoms with E-state index in [-0.39, 0.29) is 28.9 Å². The van der Waals surface area contributed by atoms with Gasteiger partial charge in [0.25, 0.3) is 11.8 Å². The van der Waals surface area contributed by atoms with Crippen LogP contribution in [-0.4, -0.2) is 55.6 Å². The second-order valence-corrected chi connectivity index (χ2v) is 9.82. The second-order valence-electron chi connectivity index (χ2n) is 9.05. The van der Waals surface area contributed by atoms with Crippen LogP contribution in [0.25, 0.3) is 0 Å². The van der Waals surface area contributed by atoms with Crippen molar-refractivity contribution >= 4 is 40.6 Å². The molecular weight excluding hydrogens is 522 g/mol. The summed E-state index contributed by atoms with van der Waals surface area (Å²) in [6.07, 6.45) is 1.63. The van der Waals surface area contributed by atoms with Crippen LogP contribution < -0.4 is 31.2 Å². The van der Waals surface area contributed by atoms with Gasteiger partial charge in [-0.1, -0.05) is 18.2 Å². The Morgan fingerprint density at radius 1 is 1.18 bits per heavy atom. The number of aryl methyl sites for hydroxylation is 1. The number of ether oxygens (including phenoxy) is 3. The van der Waals surface area contributed by atoms with Gasteiger partial charge in [0.15, 0.2) is 17.2 Å². The number of nitrogen functional groups attached to an aromatic ring is 1. The van der Waals surface area contributed by atoms with E-state index < -0.39 is 23.8 Å². The van der Waals surface area contributed by atoms with Crippen LogP contribution in [0.15, 0.2) is 42.5 Å². The standard InChI is InChI=1S/C27H31N5O6S/c1-15-6-4-7-17(12-15)32(27(35)24-21(28)22(25(29)33)31-39-24)23(26(34)30-14-18-8-5-11-38-18)16-9-10-19(36-2)20(13-16)37-3/h4,6-7,9-10,12-13,18,23H,5,8,11,14,28H2,1-3H3,(H2,29,33)(H,30,34). The molecule has 39 heavy (non-hydrogen) atoms. The second kappa shape index (κ2) is 12.1. The zero-order valence-electron chi connectivity index (χ0n) is 21.9. The molecule has 4 rings (SSSR count). The summed E-state index contributed by atoms with van der Waals surface area (Å²) in [6.45, 7) is 2.80. The van der Waals surface area contributed by atoms with Gasteiger partial charge in [0, 0.05) is 18.8 Å². The molecule has 2 atom stereocenters. The lowest BCUT2D eigenvalue weighted by atomic mass is 10.0. The summed E-state index contributed by atoms with van der Waals surface area (Å²) in [5.41, 5.74) is 13.0. The Balaban J connectivity index is 1.86. The van der Waals surface area contributed by atoms with Crippen LogP contribution in [0.1, 0.15) is 50.2 Å². The van der Waals surface area contributed by atoms with Crippen molar-refractivity contribution in [3.05, 3.63) is 64.2 Å². The minimum atomic E-state index is -1.15. The molecule has 2 heterocycles. The number of primary amides is 1. The van der Waals surface area contributed by atoms with Crippen molar-refractivity contribution in [2.75, 3.05) is 38.0 Å². The van der Waals surface area contributed by atoms with E-state index in [1.807, 2.05) is 13.0 Å². The lowest BCUT2D eigenvalue weighted by molar-refractivity contribution is -0.123. The lowest BCUT2D eigenvalue weighted by Gasteiger charge is -2.32. The fraction of sp³-hybridized carbons (Fsp3) is 0.333. The molecule has 11 nitrogen and oxygen atoms in total. The third-order valence-electron chi connectivity index (χ3n) is 6.41. The average molecular weight is 554 g/mol. The summed E-state index contributed by atoms with van der Waals surface area (Å²) >= 11 is 0.748. The quantitative estimate of drug-likeness (QED) is 0.346. The first kappa shape index (κ1) is 27.9. The highest BCUT2D eigenvalue weighted by Crippen LogP contribution is 2.37. The van der Waals surface area contributed by atoms with E-state index in [0.29, 0.717) is 29.4 Å². The Bertz CT molecular complexity index is 1370. The third-order valence-corrected chi connectivity index (χ3v) is 7.26. The van der Waals surface area contributed by atoms with Gasteiger partial charge < -0.3 is 31.0 Å². The number of nitrogens with zero attached hydrogens (tertiary/aromatic N) is 2. The van der Waals surface area contributed by atoms with E-state index in [0.717, 1.165) is 29.9 Å². The Morgan fingerprint density at radius 3 is 2.56 bits per heavy atom. The number of aromatic nitrogens is 1. The van der Waals surface area contributed by atoms with Crippen molar-refractivity contribution in [1.82, 2.24) is 9.69 Å². The van der Waals surface area contributed by atoms with Crippen molar-refractivity contribution in [2.45, 2.75) is 31.9 Å². The fourth-order valence-electron chi connectivity index (χ4n) is 4.46. The van der Waals surface area contributed by atoms with E-state index in [1.165, 1.54) is 19.1 Å². The monoisotopic (exact) mass is 553 g/mol. The van der Waals surface area contributed by atoms with Crippen LogP contribution in [0, 0.1) is 6.92 Å². The van der Waals surface area contributed by atoms with Crippen LogP contribution in [0.3, 0.4) is 0 Å². The number of nitrogens with one attached hydrogen (secondary N) is 1. The van der Waals surface area contributed by atoms with Gasteiger partial charge in [0.1, 0.15) is 10.9 Å². The molecule has 0 radical (unpaired) electrons. The van der Waals surface area contributed by atoms with Gasteiger partial charge in [0.05, 0.1) is 26.0 Å². The van der Waals surface area contributed by atoms with E-state index in [1.54, 1.807) is 36.4 Å². The van der Waals surface area contributed by atoms with Crippen molar-refractivity contribution in [3.8, 4) is 11.5 Å². The SMILES string of the molecule is COc1ccc(C(C(=O)NCC2CCCO2)N(C(=O)c2snc(C(N)=O)c2N)c2cccc(C)c2)cc1OC. The number of methoxy groups -OCH3 is 2. The molecule has 0 aliphatic carbocycles. The van der Waals surface area contributed by atoms with E-state index in [4.69, 9.17) is 25.7 Å². The van der Waals surface area contributed by atoms with Crippen molar-refractivity contribution in [3.63, 3.8) is 0 Å². The summed E-state index contributed by atoms with van der Waals surface area (Å²) in [5, 5.41) is 2.95. The minimum Gasteiger partial charge on any atom is -0.493 e. The van der Waals surface area contributed by atoms with Crippen molar-refractivity contribution in [2.24, 2.45) is 5.73 Å². The Kier molecular flexibility index (Phi) is 8.67. The zero-order chi connectivity index (χ0) is 28.1. The van der Waals surface area contributed by atoms with Gasteiger partial charge in [-0.15, -0.1) is 0 Å². The number of anilines is 2. The highest BCUT2D eigenvalue weighted by Gasteiger charge is 2.37. The summed E-state index contributed by atoms with van der Waals surface area (Å²) in [7, 11) is 3.00. The van der Waals surface area contributed by atoms with Gasteiger partial charge in [-0.2, -0.15) is 4.37 Å². The summed E-state index contributed by atoms with van der Waals surface area (Å²) in [6, 6.07) is 11.0. The molecule has 0 bridgehead atoms. The van der Waals surface area contributed by atoms with Gasteiger partial charge >= 0.3 is 0 Å². The molecule has 3 aromatic rings. The number of nitrogens with two attached hydrogens (primary N) is 2. The molecule has 0 spiro atoms. The predicted molar refractivity (Wildman–Crippen MR) is 147 cm³/mol. The predicted octanol–water partition coefficient (Wildman–Crippen LogP) is 2.83. The maximum absolute atomic E-state index is 14.2. The number of carbonyl (C=O) groups is 3. The number of carbonyl (C=O) groups excluding carboxylic acids is 3. The van der Waals surface area contributed by atoms with Gasteiger partial charge in [0.2, 0.25) is 5.91 Å². The molecule has 5 N–H and O–H groups in total. The number of benzene rings is 2. The molecule has 1 fully saturated rings. The average Bonchev–Trinajstić information content (AvgIpc) is 3.59. The summed E-state index contributed by atoms with van der Waals surface area (Å²) < 4.78 is 20.5. The maximum Gasteiger partial charge on any atom is 0.273 e. The molecule has 1 aliphatic rings. The van der Waals surface area contributed by atoms with Crippen LogP contribution in [0.4, 0.5) is 11.4 Å². The number of amides is 3.